The number of carbonyl (C=O) groups is 1. The Kier molecular flexibility index (Phi) is 4.24. The Morgan fingerprint density at radius 2 is 2.08 bits per heavy atom. The van der Waals surface area contributed by atoms with Gasteiger partial charge in [0.2, 0.25) is 5.91 Å². The fraction of sp³-hybridized carbons (Fsp3) is 0.118. The lowest BCUT2D eigenvalue weighted by Crippen LogP contribution is -2.28. The molecule has 0 aliphatic carbocycles. The standard InChI is InChI=1S/C17H14FN3O3/c1-24-15-5-3-2-4-14(15)20-16(22)9-21-10-19-13-7-6-11(18)8-12(13)17(21)23/h2-8,10H,9H2,1H3,(H,20,22). The molecule has 0 bridgehead atoms. The maximum atomic E-state index is 13.3. The van der Waals surface area contributed by atoms with E-state index >= 15 is 0 Å². The number of para-hydroxylation sites is 2. The van der Waals surface area contributed by atoms with Crippen molar-refractivity contribution in [3.8, 4) is 5.75 Å². The maximum Gasteiger partial charge on any atom is 0.261 e. The summed E-state index contributed by atoms with van der Waals surface area (Å²) in [5, 5.41) is 2.80. The molecule has 1 amide bonds. The molecule has 1 aromatic heterocycles. The lowest BCUT2D eigenvalue weighted by Gasteiger charge is -2.11. The summed E-state index contributed by atoms with van der Waals surface area (Å²) in [7, 11) is 1.50. The van der Waals surface area contributed by atoms with Crippen LogP contribution in [0, 0.1) is 5.82 Å². The Hall–Kier alpha value is -3.22. The summed E-state index contributed by atoms with van der Waals surface area (Å²) in [5.74, 6) is -0.436. The van der Waals surface area contributed by atoms with Crippen LogP contribution < -0.4 is 15.6 Å². The van der Waals surface area contributed by atoms with Crippen LogP contribution in [0.1, 0.15) is 0 Å². The number of nitrogens with one attached hydrogen (secondary N) is 1. The van der Waals surface area contributed by atoms with Crippen LogP contribution in [0.3, 0.4) is 0 Å². The zero-order valence-corrected chi connectivity index (χ0v) is 12.8. The quantitative estimate of drug-likeness (QED) is 0.797. The monoisotopic (exact) mass is 327 g/mol. The first-order valence-electron chi connectivity index (χ1n) is 7.16. The van der Waals surface area contributed by atoms with Gasteiger partial charge < -0.3 is 10.1 Å². The van der Waals surface area contributed by atoms with Crippen LogP contribution in [0.2, 0.25) is 0 Å². The second-order valence-corrected chi connectivity index (χ2v) is 5.09. The smallest absolute Gasteiger partial charge is 0.261 e. The van der Waals surface area contributed by atoms with Crippen LogP contribution in [-0.4, -0.2) is 22.6 Å². The molecule has 0 aliphatic heterocycles. The fourth-order valence-corrected chi connectivity index (χ4v) is 2.34. The van der Waals surface area contributed by atoms with Gasteiger partial charge in [0.1, 0.15) is 18.1 Å². The van der Waals surface area contributed by atoms with Crippen molar-refractivity contribution in [2.45, 2.75) is 6.54 Å². The van der Waals surface area contributed by atoms with Crippen molar-refractivity contribution in [3.63, 3.8) is 0 Å². The Morgan fingerprint density at radius 1 is 1.29 bits per heavy atom. The van der Waals surface area contributed by atoms with E-state index in [9.17, 15) is 14.0 Å². The summed E-state index contributed by atoms with van der Waals surface area (Å²) in [6.45, 7) is -0.240. The van der Waals surface area contributed by atoms with Crippen molar-refractivity contribution in [1.82, 2.24) is 9.55 Å². The fourth-order valence-electron chi connectivity index (χ4n) is 2.34. The second-order valence-electron chi connectivity index (χ2n) is 5.09. The number of ether oxygens (including phenoxy) is 1. The number of amides is 1. The van der Waals surface area contributed by atoms with Gasteiger partial charge in [0, 0.05) is 0 Å². The third-order valence-electron chi connectivity index (χ3n) is 3.48. The third kappa shape index (κ3) is 3.10. The number of rotatable bonds is 4. The minimum atomic E-state index is -0.530. The molecule has 0 atom stereocenters. The average molecular weight is 327 g/mol. The molecule has 0 spiro atoms. The molecule has 3 aromatic rings. The van der Waals surface area contributed by atoms with Crippen LogP contribution in [-0.2, 0) is 11.3 Å². The van der Waals surface area contributed by atoms with Gasteiger partial charge in [0.25, 0.3) is 5.56 Å². The second kappa shape index (κ2) is 6.49. The number of halogens is 1. The van der Waals surface area contributed by atoms with Crippen molar-refractivity contribution in [2.75, 3.05) is 12.4 Å². The van der Waals surface area contributed by atoms with Crippen molar-refractivity contribution < 1.29 is 13.9 Å². The van der Waals surface area contributed by atoms with Gasteiger partial charge in [-0.05, 0) is 30.3 Å². The molecule has 1 heterocycles. The van der Waals surface area contributed by atoms with E-state index in [0.29, 0.717) is 17.0 Å². The molecular formula is C17H14FN3O3. The molecule has 6 nitrogen and oxygen atoms in total. The molecule has 24 heavy (non-hydrogen) atoms. The van der Waals surface area contributed by atoms with Gasteiger partial charge >= 0.3 is 0 Å². The number of hydrogen-bond donors (Lipinski definition) is 1. The van der Waals surface area contributed by atoms with E-state index in [0.717, 1.165) is 10.6 Å². The Bertz CT molecular complexity index is 969. The van der Waals surface area contributed by atoms with Gasteiger partial charge in [-0.25, -0.2) is 9.37 Å². The molecule has 0 radical (unpaired) electrons. The SMILES string of the molecule is COc1ccccc1NC(=O)Cn1cnc2ccc(F)cc2c1=O. The molecule has 2 aromatic carbocycles. The highest BCUT2D eigenvalue weighted by Crippen LogP contribution is 2.22. The molecule has 0 saturated heterocycles. The summed E-state index contributed by atoms with van der Waals surface area (Å²) < 4.78 is 19.6. The molecule has 3 rings (SSSR count). The lowest BCUT2D eigenvalue weighted by atomic mass is 10.2. The molecule has 1 N–H and O–H groups in total. The molecule has 7 heteroatoms. The van der Waals surface area contributed by atoms with E-state index in [2.05, 4.69) is 10.3 Å². The number of anilines is 1. The summed E-state index contributed by atoms with van der Waals surface area (Å²) in [4.78, 5) is 28.6. The van der Waals surface area contributed by atoms with E-state index in [-0.39, 0.29) is 11.9 Å². The van der Waals surface area contributed by atoms with E-state index in [4.69, 9.17) is 4.74 Å². The maximum absolute atomic E-state index is 13.3. The van der Waals surface area contributed by atoms with Crippen molar-refractivity contribution in [2.24, 2.45) is 0 Å². The van der Waals surface area contributed by atoms with Crippen molar-refractivity contribution in [3.05, 3.63) is 65.0 Å². The first-order valence-corrected chi connectivity index (χ1v) is 7.16. The summed E-state index contributed by atoms with van der Waals surface area (Å²) >= 11 is 0. The van der Waals surface area contributed by atoms with Crippen LogP contribution in [0.4, 0.5) is 10.1 Å². The molecule has 122 valence electrons. The molecule has 0 saturated carbocycles. The Morgan fingerprint density at radius 3 is 2.88 bits per heavy atom. The molecular weight excluding hydrogens is 313 g/mol. The molecule has 0 fully saturated rings. The van der Waals surface area contributed by atoms with Gasteiger partial charge in [-0.2, -0.15) is 0 Å². The van der Waals surface area contributed by atoms with E-state index in [1.165, 1.54) is 25.6 Å². The summed E-state index contributed by atoms with van der Waals surface area (Å²) in [6.07, 6.45) is 1.27. The number of nitrogens with zero attached hydrogens (tertiary/aromatic N) is 2. The highest BCUT2D eigenvalue weighted by Gasteiger charge is 2.11. The van der Waals surface area contributed by atoms with Gasteiger partial charge in [-0.1, -0.05) is 12.1 Å². The van der Waals surface area contributed by atoms with Gasteiger partial charge in [0.05, 0.1) is 30.0 Å². The van der Waals surface area contributed by atoms with Crippen LogP contribution in [0.25, 0.3) is 10.9 Å². The van der Waals surface area contributed by atoms with Crippen LogP contribution in [0.15, 0.2) is 53.6 Å². The first kappa shape index (κ1) is 15.7. The lowest BCUT2D eigenvalue weighted by molar-refractivity contribution is -0.116. The minimum absolute atomic E-state index is 0.127. The highest BCUT2D eigenvalue weighted by molar-refractivity contribution is 5.92. The predicted octanol–water partition coefficient (Wildman–Crippen LogP) is 2.18. The Balaban J connectivity index is 1.85. The first-order chi connectivity index (χ1) is 11.6. The zero-order chi connectivity index (χ0) is 17.1. The largest absolute Gasteiger partial charge is 0.495 e. The molecule has 0 unspecified atom stereocenters. The predicted molar refractivity (Wildman–Crippen MR) is 87.6 cm³/mol. The Labute approximate surface area is 136 Å². The normalized spacial score (nSPS) is 10.6. The zero-order valence-electron chi connectivity index (χ0n) is 12.8. The van der Waals surface area contributed by atoms with Gasteiger partial charge in [0.15, 0.2) is 0 Å². The number of fused-ring (bicyclic) bond motifs is 1. The third-order valence-corrected chi connectivity index (χ3v) is 3.48. The van der Waals surface area contributed by atoms with E-state index < -0.39 is 17.3 Å². The van der Waals surface area contributed by atoms with Crippen molar-refractivity contribution >= 4 is 22.5 Å². The summed E-state index contributed by atoms with van der Waals surface area (Å²) in [6, 6.07) is 10.7. The number of aromatic nitrogens is 2. The minimum Gasteiger partial charge on any atom is -0.495 e. The van der Waals surface area contributed by atoms with Crippen LogP contribution in [0.5, 0.6) is 5.75 Å². The topological polar surface area (TPSA) is 73.2 Å². The molecule has 0 aliphatic rings. The highest BCUT2D eigenvalue weighted by atomic mass is 19.1. The van der Waals surface area contributed by atoms with Crippen LogP contribution >= 0.6 is 0 Å². The number of hydrogen-bond acceptors (Lipinski definition) is 4. The average Bonchev–Trinajstić information content (AvgIpc) is 2.58. The number of methoxy groups -OCH3 is 1. The number of benzene rings is 2. The van der Waals surface area contributed by atoms with Crippen molar-refractivity contribution in [1.29, 1.82) is 0 Å². The van der Waals surface area contributed by atoms with E-state index in [1.807, 2.05) is 0 Å². The van der Waals surface area contributed by atoms with Gasteiger partial charge in [-0.15, -0.1) is 0 Å². The van der Waals surface area contributed by atoms with Gasteiger partial charge in [-0.3, -0.25) is 14.2 Å². The summed E-state index contributed by atoms with van der Waals surface area (Å²) in [5.41, 5.74) is 0.398. The number of carbonyl (C=O) groups excluding carboxylic acids is 1. The van der Waals surface area contributed by atoms with E-state index in [1.54, 1.807) is 24.3 Å².